The average molecular weight is 714 g/mol. The lowest BCUT2D eigenvalue weighted by Crippen LogP contribution is -2.18. The lowest BCUT2D eigenvalue weighted by Gasteiger charge is -2.12. The normalized spacial score (nSPS) is 12.3. The van der Waals surface area contributed by atoms with Crippen molar-refractivity contribution in [1.82, 2.24) is 19.4 Å². The molecule has 50 heavy (non-hydrogen) atoms. The van der Waals surface area contributed by atoms with Gasteiger partial charge in [-0.3, -0.25) is 10.9 Å². The smallest absolute Gasteiger partial charge is 0.240 e. The molecule has 258 valence electrons. The number of nitrogens with zero attached hydrogens (tertiary/aromatic N) is 4. The highest BCUT2D eigenvalue weighted by molar-refractivity contribution is 7.89. The maximum Gasteiger partial charge on any atom is 0.240 e. The van der Waals surface area contributed by atoms with Crippen LogP contribution in [0.1, 0.15) is 25.0 Å². The molecule has 5 N–H and O–H groups in total. The fourth-order valence-electron chi connectivity index (χ4n) is 4.41. The Labute approximate surface area is 290 Å². The van der Waals surface area contributed by atoms with E-state index >= 15 is 0 Å². The highest BCUT2D eigenvalue weighted by Gasteiger charge is 2.13. The molecular weight excluding hydrogens is 679 g/mol. The van der Waals surface area contributed by atoms with Gasteiger partial charge in [0.25, 0.3) is 0 Å². The second kappa shape index (κ2) is 15.7. The van der Waals surface area contributed by atoms with Gasteiger partial charge in [-0.15, -0.1) is 0 Å². The number of hydrazone groups is 2. The van der Waals surface area contributed by atoms with Crippen molar-refractivity contribution in [2.24, 2.45) is 10.2 Å². The van der Waals surface area contributed by atoms with Gasteiger partial charge in [-0.25, -0.2) is 26.3 Å². The highest BCUT2D eigenvalue weighted by Crippen LogP contribution is 2.26. The van der Waals surface area contributed by atoms with E-state index in [1.54, 1.807) is 44.2 Å². The van der Waals surface area contributed by atoms with Gasteiger partial charge < -0.3 is 10.1 Å². The molecule has 16 heteroatoms. The van der Waals surface area contributed by atoms with E-state index in [1.807, 2.05) is 54.6 Å². The monoisotopic (exact) mass is 713 g/mol. The minimum Gasteiger partial charge on any atom is -0.457 e. The summed E-state index contributed by atoms with van der Waals surface area (Å²) >= 11 is 0. The second-order valence-electron chi connectivity index (χ2n) is 10.6. The molecule has 14 nitrogen and oxygen atoms in total. The van der Waals surface area contributed by atoms with E-state index in [0.29, 0.717) is 51.4 Å². The average Bonchev–Trinajstić information content (AvgIpc) is 3.13. The predicted molar refractivity (Wildman–Crippen MR) is 195 cm³/mol. The van der Waals surface area contributed by atoms with Crippen molar-refractivity contribution >= 4 is 54.7 Å². The van der Waals surface area contributed by atoms with Gasteiger partial charge in [0.05, 0.1) is 21.2 Å². The summed E-state index contributed by atoms with van der Waals surface area (Å²) in [6.45, 7) is 3.54. The molecule has 0 bridgehead atoms. The molecule has 0 aliphatic heterocycles. The van der Waals surface area contributed by atoms with Gasteiger partial charge in [0, 0.05) is 17.8 Å². The highest BCUT2D eigenvalue weighted by atomic mass is 32.2. The van der Waals surface area contributed by atoms with Gasteiger partial charge in [-0.2, -0.15) is 20.2 Å². The van der Waals surface area contributed by atoms with Gasteiger partial charge >= 0.3 is 0 Å². The summed E-state index contributed by atoms with van der Waals surface area (Å²) in [6.07, 6.45) is 0. The summed E-state index contributed by atoms with van der Waals surface area (Å²) < 4.78 is 59.0. The van der Waals surface area contributed by atoms with Crippen LogP contribution < -0.4 is 30.3 Å². The van der Waals surface area contributed by atoms with Gasteiger partial charge in [0.1, 0.15) is 11.5 Å². The summed E-state index contributed by atoms with van der Waals surface area (Å²) in [5, 5.41) is 12.1. The van der Waals surface area contributed by atoms with E-state index in [-0.39, 0.29) is 15.7 Å². The van der Waals surface area contributed by atoms with Crippen LogP contribution in [0.4, 0.5) is 23.3 Å². The lowest BCUT2D eigenvalue weighted by atomic mass is 10.1. The van der Waals surface area contributed by atoms with E-state index in [2.05, 4.69) is 45.8 Å². The fraction of sp³-hybridized carbons (Fsp3) is 0.118. The molecule has 0 aliphatic rings. The SMILES string of the molecule is CNS(=O)(=O)c1ccc(C(C)=NNc2cc(NN=C(C)c3ccc(S(=O)(=O)NC)cc3)nc(Nc3cccc(Oc4ccccc4)c3)n2)cc1. The molecular formula is C34H35N9O5S2. The number of rotatable bonds is 14. The fourth-order valence-corrected chi connectivity index (χ4v) is 5.87. The Hall–Kier alpha value is -5.68. The Morgan fingerprint density at radius 2 is 1.08 bits per heavy atom. The van der Waals surface area contributed by atoms with Gasteiger partial charge in [0.2, 0.25) is 26.0 Å². The third-order valence-electron chi connectivity index (χ3n) is 7.17. The third-order valence-corrected chi connectivity index (χ3v) is 10.0. The molecule has 1 aromatic heterocycles. The summed E-state index contributed by atoms with van der Waals surface area (Å²) in [5.41, 5.74) is 9.09. The predicted octanol–water partition coefficient (Wildman–Crippen LogP) is 5.50. The van der Waals surface area contributed by atoms with Crippen molar-refractivity contribution < 1.29 is 21.6 Å². The number of anilines is 4. The van der Waals surface area contributed by atoms with Gasteiger partial charge in [-0.1, -0.05) is 48.5 Å². The summed E-state index contributed by atoms with van der Waals surface area (Å²) in [6, 6.07) is 31.0. The Bertz CT molecular complexity index is 2120. The number of aromatic nitrogens is 2. The van der Waals surface area contributed by atoms with Crippen molar-refractivity contribution in [2.45, 2.75) is 23.6 Å². The number of nitrogens with one attached hydrogen (secondary N) is 5. The van der Waals surface area contributed by atoms with Crippen molar-refractivity contribution in [3.05, 3.63) is 120 Å². The molecule has 0 unspecified atom stereocenters. The molecule has 0 atom stereocenters. The molecule has 0 saturated heterocycles. The number of benzene rings is 4. The minimum absolute atomic E-state index is 0.139. The Kier molecular flexibility index (Phi) is 11.2. The number of hydrogen-bond donors (Lipinski definition) is 5. The number of hydrogen-bond acceptors (Lipinski definition) is 12. The molecule has 1 heterocycles. The lowest BCUT2D eigenvalue weighted by molar-refractivity contribution is 0.483. The minimum atomic E-state index is -3.57. The van der Waals surface area contributed by atoms with Crippen LogP contribution in [0.2, 0.25) is 0 Å². The first kappa shape index (κ1) is 35.6. The van der Waals surface area contributed by atoms with Crippen LogP contribution in [0.3, 0.4) is 0 Å². The molecule has 0 saturated carbocycles. The second-order valence-corrected chi connectivity index (χ2v) is 14.4. The third kappa shape index (κ3) is 9.26. The summed E-state index contributed by atoms with van der Waals surface area (Å²) in [4.78, 5) is 9.42. The van der Waals surface area contributed by atoms with E-state index in [4.69, 9.17) is 4.74 Å². The van der Waals surface area contributed by atoms with E-state index in [1.165, 1.54) is 38.4 Å². The maximum atomic E-state index is 12.1. The zero-order valence-electron chi connectivity index (χ0n) is 27.5. The summed E-state index contributed by atoms with van der Waals surface area (Å²) in [5.74, 6) is 2.17. The van der Waals surface area contributed by atoms with Crippen LogP contribution >= 0.6 is 0 Å². The molecule has 0 amide bonds. The molecule has 5 aromatic rings. The topological polar surface area (TPSA) is 188 Å². The number of sulfonamides is 2. The van der Waals surface area contributed by atoms with Crippen LogP contribution in [-0.2, 0) is 20.0 Å². The standard InChI is InChI=1S/C34H35N9O5S2/c1-23(25-13-17-30(18-14-25)49(44,45)35-3)40-42-32-22-33(43-41-24(2)26-15-19-31(20-16-26)50(46,47)36-4)39-34(38-32)37-27-9-8-12-29(21-27)48-28-10-6-5-7-11-28/h5-22,35-36H,1-4H3,(H3,37,38,39,42,43). The summed E-state index contributed by atoms with van der Waals surface area (Å²) in [7, 11) is -4.43. The zero-order valence-corrected chi connectivity index (χ0v) is 29.2. The van der Waals surface area contributed by atoms with Crippen molar-refractivity contribution in [3.63, 3.8) is 0 Å². The first-order chi connectivity index (χ1) is 24.0. The molecule has 4 aromatic carbocycles. The van der Waals surface area contributed by atoms with E-state index < -0.39 is 20.0 Å². The maximum absolute atomic E-state index is 12.1. The van der Waals surface area contributed by atoms with Gasteiger partial charge in [-0.05, 0) is 87.6 Å². The van der Waals surface area contributed by atoms with Crippen LogP contribution in [-0.4, -0.2) is 52.3 Å². The van der Waals surface area contributed by atoms with Crippen molar-refractivity contribution in [3.8, 4) is 11.5 Å². The van der Waals surface area contributed by atoms with Crippen LogP contribution in [0.25, 0.3) is 0 Å². The van der Waals surface area contributed by atoms with E-state index in [9.17, 15) is 16.8 Å². The van der Waals surface area contributed by atoms with Crippen molar-refractivity contribution in [2.75, 3.05) is 30.3 Å². The Morgan fingerprint density at radius 3 is 1.56 bits per heavy atom. The van der Waals surface area contributed by atoms with Crippen LogP contribution in [0, 0.1) is 0 Å². The molecule has 0 radical (unpaired) electrons. The first-order valence-corrected chi connectivity index (χ1v) is 18.1. The Morgan fingerprint density at radius 1 is 0.600 bits per heavy atom. The molecule has 0 aliphatic carbocycles. The van der Waals surface area contributed by atoms with E-state index in [0.717, 1.165) is 0 Å². The zero-order chi connectivity index (χ0) is 35.7. The van der Waals surface area contributed by atoms with Gasteiger partial charge in [0.15, 0.2) is 11.6 Å². The molecule has 0 fully saturated rings. The first-order valence-electron chi connectivity index (χ1n) is 15.1. The molecule has 5 rings (SSSR count). The number of ether oxygens (including phenoxy) is 1. The number of para-hydroxylation sites is 1. The van der Waals surface area contributed by atoms with Crippen molar-refractivity contribution in [1.29, 1.82) is 0 Å². The molecule has 0 spiro atoms. The Balaban J connectivity index is 1.40. The van der Waals surface area contributed by atoms with Crippen LogP contribution in [0.5, 0.6) is 11.5 Å². The van der Waals surface area contributed by atoms with Crippen LogP contribution in [0.15, 0.2) is 129 Å². The largest absolute Gasteiger partial charge is 0.457 e. The quantitative estimate of drug-likeness (QED) is 0.0726.